The number of amides is 2. The summed E-state index contributed by atoms with van der Waals surface area (Å²) < 4.78 is 10.9. The minimum absolute atomic E-state index is 0.110. The Morgan fingerprint density at radius 3 is 2.61 bits per heavy atom. The number of carbonyl (C=O) groups excluding carboxylic acids is 1. The molecule has 190 valence electrons. The number of hydrogen-bond acceptors (Lipinski definition) is 8. The van der Waals surface area contributed by atoms with E-state index in [2.05, 4.69) is 25.9 Å². The highest BCUT2D eigenvalue weighted by atomic mass is 16.5. The largest absolute Gasteiger partial charge is 0.493 e. The highest BCUT2D eigenvalue weighted by molar-refractivity contribution is 6.02. The lowest BCUT2D eigenvalue weighted by atomic mass is 9.97. The summed E-state index contributed by atoms with van der Waals surface area (Å²) in [5, 5.41) is 10.2. The molecule has 1 saturated heterocycles. The van der Waals surface area contributed by atoms with Gasteiger partial charge < -0.3 is 19.3 Å². The SMILES string of the molecule is COc1cc2ncnc(N3CC(CN4Cc5ccccc5N(c5ccnc(C#N)c5)C4=O)C3)c2cc1OC. The lowest BCUT2D eigenvalue weighted by molar-refractivity contribution is 0.183. The molecule has 4 heterocycles. The summed E-state index contributed by atoms with van der Waals surface area (Å²) in [5.74, 6) is 2.37. The number of hydrogen-bond donors (Lipinski definition) is 0. The van der Waals surface area contributed by atoms with Gasteiger partial charge in [-0.05, 0) is 29.8 Å². The van der Waals surface area contributed by atoms with Crippen LogP contribution in [-0.4, -0.2) is 59.7 Å². The first kappa shape index (κ1) is 23.5. The van der Waals surface area contributed by atoms with Gasteiger partial charge in [0.2, 0.25) is 0 Å². The third kappa shape index (κ3) is 3.98. The molecule has 0 aliphatic carbocycles. The van der Waals surface area contributed by atoms with E-state index in [1.807, 2.05) is 41.3 Å². The van der Waals surface area contributed by atoms with Crippen LogP contribution in [0.25, 0.3) is 10.9 Å². The fourth-order valence-electron chi connectivity index (χ4n) is 5.18. The molecule has 0 N–H and O–H groups in total. The van der Waals surface area contributed by atoms with Crippen molar-refractivity contribution < 1.29 is 14.3 Å². The molecule has 38 heavy (non-hydrogen) atoms. The van der Waals surface area contributed by atoms with Gasteiger partial charge in [-0.1, -0.05) is 18.2 Å². The molecule has 0 radical (unpaired) electrons. The van der Waals surface area contributed by atoms with Crippen LogP contribution in [0, 0.1) is 17.2 Å². The average Bonchev–Trinajstić information content (AvgIpc) is 2.94. The van der Waals surface area contributed by atoms with E-state index < -0.39 is 0 Å². The van der Waals surface area contributed by atoms with E-state index >= 15 is 0 Å². The quantitative estimate of drug-likeness (QED) is 0.384. The molecule has 0 saturated carbocycles. The van der Waals surface area contributed by atoms with Gasteiger partial charge in [0, 0.05) is 49.7 Å². The Hall–Kier alpha value is -4.91. The maximum Gasteiger partial charge on any atom is 0.329 e. The van der Waals surface area contributed by atoms with Crippen molar-refractivity contribution in [1.82, 2.24) is 19.9 Å². The standard InChI is InChI=1S/C28H25N7O3/c1-37-25-10-22-23(11-26(25)38-2)31-17-32-27(22)33-13-18(14-33)15-34-16-19-5-3-4-6-24(19)35(28(34)36)21-7-8-30-20(9-21)12-29/h3-11,17-18H,13-16H2,1-2H3. The van der Waals surface area contributed by atoms with E-state index in [9.17, 15) is 10.1 Å². The average molecular weight is 508 g/mol. The first-order valence-electron chi connectivity index (χ1n) is 12.2. The molecule has 4 aromatic rings. The fraction of sp³-hybridized carbons (Fsp3) is 0.250. The van der Waals surface area contributed by atoms with Gasteiger partial charge in [-0.2, -0.15) is 5.26 Å². The van der Waals surface area contributed by atoms with Gasteiger partial charge in [-0.25, -0.2) is 19.7 Å². The zero-order valence-corrected chi connectivity index (χ0v) is 21.0. The number of benzene rings is 2. The number of nitriles is 1. The lowest BCUT2D eigenvalue weighted by Crippen LogP contribution is -2.55. The Balaban J connectivity index is 1.22. The molecule has 2 aliphatic heterocycles. The topological polar surface area (TPSA) is 108 Å². The predicted octanol–water partition coefficient (Wildman–Crippen LogP) is 4.12. The summed E-state index contributed by atoms with van der Waals surface area (Å²) >= 11 is 0. The van der Waals surface area contributed by atoms with E-state index in [4.69, 9.17) is 9.47 Å². The van der Waals surface area contributed by atoms with Gasteiger partial charge in [0.15, 0.2) is 11.5 Å². The Labute approximate surface area is 219 Å². The van der Waals surface area contributed by atoms with E-state index in [0.717, 1.165) is 41.1 Å². The van der Waals surface area contributed by atoms with Gasteiger partial charge in [-0.15, -0.1) is 0 Å². The van der Waals surface area contributed by atoms with Crippen molar-refractivity contribution in [2.45, 2.75) is 6.54 Å². The van der Waals surface area contributed by atoms with Crippen molar-refractivity contribution in [1.29, 1.82) is 5.26 Å². The van der Waals surface area contributed by atoms with E-state index in [0.29, 0.717) is 30.3 Å². The second-order valence-corrected chi connectivity index (χ2v) is 9.33. The number of carbonyl (C=O) groups is 1. The lowest BCUT2D eigenvalue weighted by Gasteiger charge is -2.45. The number of anilines is 3. The number of para-hydroxylation sites is 1. The molecule has 2 aromatic heterocycles. The van der Waals surface area contributed by atoms with Gasteiger partial charge in [0.05, 0.1) is 31.1 Å². The zero-order chi connectivity index (χ0) is 26.2. The number of aromatic nitrogens is 3. The first-order valence-corrected chi connectivity index (χ1v) is 12.2. The Morgan fingerprint density at radius 1 is 1.03 bits per heavy atom. The molecule has 10 nitrogen and oxygen atoms in total. The number of ether oxygens (including phenoxy) is 2. The van der Waals surface area contributed by atoms with Crippen LogP contribution in [0.1, 0.15) is 11.3 Å². The maximum absolute atomic E-state index is 13.7. The van der Waals surface area contributed by atoms with Crippen LogP contribution < -0.4 is 19.3 Å². The highest BCUT2D eigenvalue weighted by Gasteiger charge is 2.36. The van der Waals surface area contributed by atoms with Crippen molar-refractivity contribution in [3.63, 3.8) is 0 Å². The molecular weight excluding hydrogens is 482 g/mol. The van der Waals surface area contributed by atoms with Gasteiger partial charge in [-0.3, -0.25) is 4.90 Å². The van der Waals surface area contributed by atoms with Crippen molar-refractivity contribution in [2.75, 3.05) is 43.7 Å². The summed E-state index contributed by atoms with van der Waals surface area (Å²) in [4.78, 5) is 32.5. The normalized spacial score (nSPS) is 15.2. The van der Waals surface area contributed by atoms with Crippen LogP contribution in [0.3, 0.4) is 0 Å². The molecule has 2 amide bonds. The fourth-order valence-corrected chi connectivity index (χ4v) is 5.18. The highest BCUT2D eigenvalue weighted by Crippen LogP contribution is 2.38. The maximum atomic E-state index is 13.7. The van der Waals surface area contributed by atoms with Crippen LogP contribution >= 0.6 is 0 Å². The van der Waals surface area contributed by atoms with Crippen molar-refractivity contribution in [3.8, 4) is 17.6 Å². The third-order valence-electron chi connectivity index (χ3n) is 7.03. The number of nitrogens with zero attached hydrogens (tertiary/aromatic N) is 7. The smallest absolute Gasteiger partial charge is 0.329 e. The van der Waals surface area contributed by atoms with E-state index in [-0.39, 0.29) is 17.6 Å². The van der Waals surface area contributed by atoms with Crippen LogP contribution in [0.5, 0.6) is 11.5 Å². The Bertz CT molecular complexity index is 1580. The number of urea groups is 1. The summed E-state index contributed by atoms with van der Waals surface area (Å²) in [6.07, 6.45) is 3.12. The van der Waals surface area contributed by atoms with Crippen molar-refractivity contribution >= 4 is 34.1 Å². The molecular formula is C28H25N7O3. The molecule has 1 fully saturated rings. The minimum Gasteiger partial charge on any atom is -0.493 e. The van der Waals surface area contributed by atoms with E-state index in [1.165, 1.54) is 0 Å². The van der Waals surface area contributed by atoms with Gasteiger partial charge in [0.25, 0.3) is 0 Å². The number of fused-ring (bicyclic) bond motifs is 2. The van der Waals surface area contributed by atoms with Crippen molar-refractivity contribution in [3.05, 3.63) is 72.3 Å². The predicted molar refractivity (Wildman–Crippen MR) is 142 cm³/mol. The van der Waals surface area contributed by atoms with Crippen molar-refractivity contribution in [2.24, 2.45) is 5.92 Å². The van der Waals surface area contributed by atoms with Gasteiger partial charge in [0.1, 0.15) is 23.9 Å². The molecule has 2 aromatic carbocycles. The van der Waals surface area contributed by atoms with Crippen LogP contribution in [0.4, 0.5) is 22.0 Å². The number of pyridine rings is 1. The molecule has 0 spiro atoms. The van der Waals surface area contributed by atoms with Crippen LogP contribution in [0.15, 0.2) is 61.1 Å². The number of rotatable bonds is 6. The minimum atomic E-state index is -0.110. The summed E-state index contributed by atoms with van der Waals surface area (Å²) in [6, 6.07) is 17.0. The number of methoxy groups -OCH3 is 2. The summed E-state index contributed by atoms with van der Waals surface area (Å²) in [6.45, 7) is 2.67. The molecule has 2 aliphatic rings. The molecule has 0 atom stereocenters. The van der Waals surface area contributed by atoms with E-state index in [1.54, 1.807) is 43.8 Å². The first-order chi connectivity index (χ1) is 18.6. The molecule has 10 heteroatoms. The van der Waals surface area contributed by atoms with Crippen LogP contribution in [0.2, 0.25) is 0 Å². The second kappa shape index (κ2) is 9.52. The van der Waals surface area contributed by atoms with Gasteiger partial charge >= 0.3 is 6.03 Å². The summed E-state index contributed by atoms with van der Waals surface area (Å²) in [5.41, 5.74) is 3.57. The molecule has 6 rings (SSSR count). The Kier molecular flexibility index (Phi) is 5.88. The van der Waals surface area contributed by atoms with Crippen LogP contribution in [-0.2, 0) is 6.54 Å². The summed E-state index contributed by atoms with van der Waals surface area (Å²) in [7, 11) is 3.21. The molecule has 0 unspecified atom stereocenters. The zero-order valence-electron chi connectivity index (χ0n) is 21.0. The monoisotopic (exact) mass is 507 g/mol. The molecule has 0 bridgehead atoms. The second-order valence-electron chi connectivity index (χ2n) is 9.33. The Morgan fingerprint density at radius 2 is 1.82 bits per heavy atom. The third-order valence-corrected chi connectivity index (χ3v) is 7.03.